The fourth-order valence-electron chi connectivity index (χ4n) is 14.0. The number of hydrogen-bond donors (Lipinski definition) is 0. The van der Waals surface area contributed by atoms with Crippen molar-refractivity contribution in [3.63, 3.8) is 0 Å². The molecule has 8 heteroatoms. The summed E-state index contributed by atoms with van der Waals surface area (Å²) in [7, 11) is 12.0. The van der Waals surface area contributed by atoms with Crippen LogP contribution in [0.5, 0.6) is 0 Å². The molecule has 0 aliphatic carbocycles. The molecular weight excluding hydrogens is 1230 g/mol. The third-order valence-corrected chi connectivity index (χ3v) is 19.1. The summed E-state index contributed by atoms with van der Waals surface area (Å²) in [5.74, 6) is 3.78. The largest absolute Gasteiger partial charge is 0.294 e. The highest BCUT2D eigenvalue weighted by Gasteiger charge is 2.28. The lowest BCUT2D eigenvalue weighted by Gasteiger charge is -2.14. The van der Waals surface area contributed by atoms with Gasteiger partial charge < -0.3 is 0 Å². The van der Waals surface area contributed by atoms with Crippen molar-refractivity contribution in [3.05, 3.63) is 335 Å². The maximum Gasteiger partial charge on any atom is 0.294 e. The average Bonchev–Trinajstić information content (AvgIpc) is 1.71. The van der Waals surface area contributed by atoms with Crippen molar-refractivity contribution in [2.45, 2.75) is 75.7 Å². The van der Waals surface area contributed by atoms with Crippen LogP contribution in [0.4, 0.5) is 0 Å². The van der Waals surface area contributed by atoms with Crippen molar-refractivity contribution < 1.29 is 42.9 Å². The standard InChI is InChI=1S/C27H29N2.C24H23N2.C23H23N2.C19H21N2/c1-18-16-20(3)26(21(4)17-18)29-15-14-28(6)27(29)25-13-9-12-24(22(25)5)23-11-8-7-10-19(23)2;1-18-10-7-8-13-21(18)22-14-9-15-23(19(22)2)24-25(3)16-17-26(24)20-11-5-4-6-12-20;1-16-10-5-6-11-18(16)19-12-9-13-20(17(19)2)23-24(3)21-14-7-8-15-22(21)25(23)4;1-14-8-5-6-9-16(14)17-10-7-11-18(15(17)2)19-20(3)12-13-21(19)4/h7-17H,1-6H3;4-17H,1-3H3;5-15H,1-4H3;5-13H,1-4H3/q4*+1/i2D3,3D3,4D3;3*1D3. The normalized spacial score (nSPS) is 14.4. The molecule has 0 radical (unpaired) electrons. The highest BCUT2D eigenvalue weighted by molar-refractivity contribution is 5.83. The van der Waals surface area contributed by atoms with Crippen molar-refractivity contribution in [1.82, 2.24) is 18.3 Å². The summed E-state index contributed by atoms with van der Waals surface area (Å²) in [4.78, 5) is 0. The number of rotatable bonds is 10. The molecule has 504 valence electrons. The molecule has 101 heavy (non-hydrogen) atoms. The number of fused-ring (bicyclic) bond motifs is 1. The minimum Gasteiger partial charge on any atom is -0.233 e. The van der Waals surface area contributed by atoms with Gasteiger partial charge in [0.1, 0.15) is 48.6 Å². The zero-order chi connectivity index (χ0) is 86.3. The predicted octanol–water partition coefficient (Wildman–Crippen LogP) is 20.2. The topological polar surface area (TPSA) is 35.2 Å². The molecule has 0 aliphatic rings. The molecule has 0 unspecified atom stereocenters. The first kappa shape index (κ1) is 49.9. The predicted molar refractivity (Wildman–Crippen MR) is 420 cm³/mol. The molecule has 4 heterocycles. The van der Waals surface area contributed by atoms with E-state index in [1.165, 1.54) is 12.1 Å². The lowest BCUT2D eigenvalue weighted by molar-refractivity contribution is -0.659. The fourth-order valence-corrected chi connectivity index (χ4v) is 14.0. The molecule has 0 amide bonds. The van der Waals surface area contributed by atoms with Gasteiger partial charge in [-0.1, -0.05) is 194 Å². The summed E-state index contributed by atoms with van der Waals surface area (Å²) in [5, 5.41) is 0. The molecule has 8 nitrogen and oxygen atoms in total. The molecule has 0 bridgehead atoms. The van der Waals surface area contributed by atoms with E-state index in [0.717, 1.165) is 112 Å². The zero-order valence-electron chi connectivity index (χ0n) is 77.1. The van der Waals surface area contributed by atoms with E-state index in [0.29, 0.717) is 39.2 Å². The molecule has 0 atom stereocenters. The van der Waals surface area contributed by atoms with E-state index in [-0.39, 0.29) is 22.4 Å². The van der Waals surface area contributed by atoms with Crippen LogP contribution in [-0.2, 0) is 42.3 Å². The molecule has 0 aliphatic heterocycles. The van der Waals surface area contributed by atoms with Crippen LogP contribution in [-0.4, -0.2) is 18.3 Å². The lowest BCUT2D eigenvalue weighted by Crippen LogP contribution is -2.30. The van der Waals surface area contributed by atoms with Crippen LogP contribution in [0.15, 0.2) is 274 Å². The van der Waals surface area contributed by atoms with Gasteiger partial charge in [0.05, 0.1) is 64.5 Å². The average molecular weight is 1340 g/mol. The first-order valence-electron chi connectivity index (χ1n) is 42.6. The van der Waals surface area contributed by atoms with Gasteiger partial charge in [0.15, 0.2) is 11.0 Å². The Kier molecular flexibility index (Phi) is 14.8. The molecule has 15 rings (SSSR count). The van der Waals surface area contributed by atoms with E-state index in [4.69, 9.17) is 24.7 Å². The van der Waals surface area contributed by atoms with Crippen molar-refractivity contribution >= 4 is 11.0 Å². The monoisotopic (exact) mass is 1340 g/mol. The third-order valence-electron chi connectivity index (χ3n) is 19.1. The Bertz CT molecular complexity index is 6150. The summed E-state index contributed by atoms with van der Waals surface area (Å²) >= 11 is 0. The molecule has 0 spiro atoms. The molecule has 11 aromatic carbocycles. The van der Waals surface area contributed by atoms with Gasteiger partial charge in [-0.2, -0.15) is 9.13 Å². The highest BCUT2D eigenvalue weighted by atomic mass is 15.2. The van der Waals surface area contributed by atoms with E-state index in [2.05, 4.69) is 97.8 Å². The van der Waals surface area contributed by atoms with Crippen LogP contribution in [0.25, 0.3) is 112 Å². The zero-order valence-corrected chi connectivity index (χ0v) is 59.1. The third kappa shape index (κ3) is 13.9. The Labute approximate surface area is 624 Å². The Hall–Kier alpha value is -11.5. The van der Waals surface area contributed by atoms with E-state index in [9.17, 15) is 0 Å². The van der Waals surface area contributed by atoms with Gasteiger partial charge >= 0.3 is 0 Å². The quantitative estimate of drug-likeness (QED) is 0.122. The second kappa shape index (κ2) is 29.9. The molecule has 0 saturated heterocycles. The van der Waals surface area contributed by atoms with Crippen LogP contribution >= 0.6 is 0 Å². The summed E-state index contributed by atoms with van der Waals surface area (Å²) in [6, 6.07) is 74.0. The van der Waals surface area contributed by atoms with Crippen molar-refractivity contribution in [2.75, 3.05) is 0 Å². The highest BCUT2D eigenvalue weighted by Crippen LogP contribution is 2.38. The first-order valence-corrected chi connectivity index (χ1v) is 33.6. The number of hydrogen-bond acceptors (Lipinski definition) is 0. The number of aryl methyl sites for hydroxylation is 13. The molecule has 4 aromatic heterocycles. The Balaban J connectivity index is 0.000000148. The van der Waals surface area contributed by atoms with E-state index < -0.39 is 41.1 Å². The van der Waals surface area contributed by atoms with Crippen molar-refractivity contribution in [3.8, 4) is 101 Å². The molecule has 0 N–H and O–H groups in total. The number of nitrogens with zero attached hydrogens (tertiary/aromatic N) is 8. The van der Waals surface area contributed by atoms with Gasteiger partial charge in [-0.25, -0.2) is 27.4 Å². The first-order chi connectivity index (χ1) is 56.0. The molecule has 0 fully saturated rings. The summed E-state index contributed by atoms with van der Waals surface area (Å²) in [5.41, 5.74) is 19.7. The van der Waals surface area contributed by atoms with Crippen molar-refractivity contribution in [2.24, 2.45) is 42.3 Å². The van der Waals surface area contributed by atoms with Crippen LogP contribution < -0.4 is 18.3 Å². The van der Waals surface area contributed by atoms with Crippen LogP contribution in [0.3, 0.4) is 0 Å². The molecular formula is C93H96N8+4. The summed E-state index contributed by atoms with van der Waals surface area (Å²) in [6.45, 7) is -4.13. The second-order valence-corrected chi connectivity index (χ2v) is 25.6. The van der Waals surface area contributed by atoms with Crippen molar-refractivity contribution in [1.29, 1.82) is 0 Å². The van der Waals surface area contributed by atoms with Crippen LogP contribution in [0, 0.1) is 75.7 Å². The van der Waals surface area contributed by atoms with E-state index >= 15 is 0 Å². The SMILES string of the molecule is [2H]C([2H])([2H])c1ccccc1-c1cccc(-c2n(-c3c(C([2H])([2H])[2H])cc(C)cc3C([2H])([2H])[2H])cc[n+]2C)c1C.[2H]C([2H])([2H])c1ccccc1-c1cccc(-c2n(-c3ccccc3)cc[n+]2C)c1C.[2H]C([2H])([2H])c1ccccc1-c1cccc(-c2n(C)c3ccccc3[n+]2C)c1C.[2H]C([2H])([2H])c1ccccc1-c1cccc(-c2n(C)cc[n+]2C)c1C. The van der Waals surface area contributed by atoms with Gasteiger partial charge in [0.25, 0.3) is 23.3 Å². The minimum atomic E-state index is -2.56. The van der Waals surface area contributed by atoms with Gasteiger partial charge in [-0.3, -0.25) is 0 Å². The molecule has 15 aromatic rings. The Morgan fingerprint density at radius 3 is 1.03 bits per heavy atom. The smallest absolute Gasteiger partial charge is 0.233 e. The van der Waals surface area contributed by atoms with Gasteiger partial charge in [-0.15, -0.1) is 0 Å². The summed E-state index contributed by atoms with van der Waals surface area (Å²) in [6.07, 6.45) is 11.5. The number of imidazole rings is 4. The van der Waals surface area contributed by atoms with Crippen LogP contribution in [0.2, 0.25) is 0 Å². The second-order valence-electron chi connectivity index (χ2n) is 25.6. The van der Waals surface area contributed by atoms with E-state index in [1.54, 1.807) is 96.2 Å². The Morgan fingerprint density at radius 1 is 0.297 bits per heavy atom. The lowest BCUT2D eigenvalue weighted by atomic mass is 9.93. The van der Waals surface area contributed by atoms with Gasteiger partial charge in [-0.05, 0) is 224 Å². The Morgan fingerprint density at radius 2 is 0.624 bits per heavy atom. The van der Waals surface area contributed by atoms with E-state index in [1.807, 2.05) is 181 Å². The fraction of sp³-hybridized carbons (Fsp3) is 0.183. The minimum absolute atomic E-state index is 0.0531. The summed E-state index contributed by atoms with van der Waals surface area (Å²) < 4.78 is 160. The van der Waals surface area contributed by atoms with Gasteiger partial charge in [0.2, 0.25) is 0 Å². The number of para-hydroxylation sites is 3. The maximum atomic E-state index is 8.19. The molecule has 0 saturated carbocycles. The number of benzene rings is 11. The maximum absolute atomic E-state index is 8.19. The van der Waals surface area contributed by atoms with Crippen LogP contribution in [0.1, 0.15) is 85.9 Å². The number of aromatic nitrogens is 8. The van der Waals surface area contributed by atoms with Gasteiger partial charge in [0, 0.05) is 24.7 Å².